The summed E-state index contributed by atoms with van der Waals surface area (Å²) in [5.74, 6) is -0.402. The lowest BCUT2D eigenvalue weighted by Gasteiger charge is -2.29. The molecule has 10 heteroatoms. The van der Waals surface area contributed by atoms with Gasteiger partial charge in [-0.15, -0.1) is 0 Å². The second-order valence-corrected chi connectivity index (χ2v) is 9.07. The second-order valence-electron chi connectivity index (χ2n) is 9.07. The van der Waals surface area contributed by atoms with Crippen LogP contribution in [0.2, 0.25) is 0 Å². The molecule has 0 aliphatic carbocycles. The van der Waals surface area contributed by atoms with Crippen LogP contribution < -0.4 is 15.4 Å². The molecule has 0 spiro atoms. The van der Waals surface area contributed by atoms with Crippen molar-refractivity contribution < 1.29 is 23.9 Å². The van der Waals surface area contributed by atoms with E-state index in [-0.39, 0.29) is 36.5 Å². The predicted molar refractivity (Wildman–Crippen MR) is 138 cm³/mol. The molecule has 3 rings (SSSR count). The van der Waals surface area contributed by atoms with Gasteiger partial charge >= 0.3 is 0 Å². The molecular formula is C27H35N5O5. The number of aromatic nitrogens is 1. The predicted octanol–water partition coefficient (Wildman–Crippen LogP) is 1.41. The number of pyridine rings is 1. The van der Waals surface area contributed by atoms with Crippen LogP contribution in [0.1, 0.15) is 42.1 Å². The Balaban J connectivity index is 1.78. The van der Waals surface area contributed by atoms with Gasteiger partial charge in [0, 0.05) is 57.5 Å². The monoisotopic (exact) mass is 509 g/mol. The number of hydrogen-bond donors (Lipinski definition) is 2. The van der Waals surface area contributed by atoms with Crippen LogP contribution in [0.25, 0.3) is 0 Å². The SMILES string of the molecule is COc1ccc(C[C@@H]2NC(=O)CCCN(C(=O)c3ccncc3)CCCNC(=O)[C@H](C)N(C)C2=O)cc1. The van der Waals surface area contributed by atoms with Crippen molar-refractivity contribution in [3.05, 3.63) is 59.9 Å². The van der Waals surface area contributed by atoms with E-state index >= 15 is 0 Å². The van der Waals surface area contributed by atoms with E-state index in [1.807, 2.05) is 12.1 Å². The van der Waals surface area contributed by atoms with Crippen molar-refractivity contribution >= 4 is 23.6 Å². The Hall–Kier alpha value is -3.95. The summed E-state index contributed by atoms with van der Waals surface area (Å²) in [6, 6.07) is 8.99. The molecule has 2 atom stereocenters. The van der Waals surface area contributed by atoms with Gasteiger partial charge in [-0.2, -0.15) is 0 Å². The zero-order valence-corrected chi connectivity index (χ0v) is 21.6. The van der Waals surface area contributed by atoms with Crippen molar-refractivity contribution in [1.29, 1.82) is 0 Å². The lowest BCUT2D eigenvalue weighted by atomic mass is 10.0. The molecule has 1 aliphatic rings. The highest BCUT2D eigenvalue weighted by Gasteiger charge is 2.30. The Bertz CT molecular complexity index is 1080. The van der Waals surface area contributed by atoms with Crippen LogP contribution in [0.3, 0.4) is 0 Å². The number of benzene rings is 1. The Morgan fingerprint density at radius 2 is 1.73 bits per heavy atom. The van der Waals surface area contributed by atoms with Crippen molar-refractivity contribution in [1.82, 2.24) is 25.4 Å². The third-order valence-corrected chi connectivity index (χ3v) is 6.49. The third-order valence-electron chi connectivity index (χ3n) is 6.49. The largest absolute Gasteiger partial charge is 0.497 e. The van der Waals surface area contributed by atoms with Crippen LogP contribution in [-0.2, 0) is 20.8 Å². The molecule has 1 aromatic heterocycles. The molecule has 0 saturated carbocycles. The van der Waals surface area contributed by atoms with E-state index in [4.69, 9.17) is 4.74 Å². The van der Waals surface area contributed by atoms with E-state index in [0.29, 0.717) is 43.8 Å². The number of ether oxygens (including phenoxy) is 1. The summed E-state index contributed by atoms with van der Waals surface area (Å²) in [5.41, 5.74) is 1.36. The number of rotatable bonds is 4. The first kappa shape index (κ1) is 27.6. The number of nitrogens with zero attached hydrogens (tertiary/aromatic N) is 3. The van der Waals surface area contributed by atoms with Gasteiger partial charge in [0.2, 0.25) is 17.7 Å². The molecule has 0 bridgehead atoms. The van der Waals surface area contributed by atoms with Crippen LogP contribution in [0.4, 0.5) is 0 Å². The number of methoxy groups -OCH3 is 1. The topological polar surface area (TPSA) is 121 Å². The van der Waals surface area contributed by atoms with Gasteiger partial charge in [0.25, 0.3) is 5.91 Å². The number of carbonyl (C=O) groups is 4. The van der Waals surface area contributed by atoms with E-state index in [1.54, 1.807) is 62.6 Å². The lowest BCUT2D eigenvalue weighted by molar-refractivity contribution is -0.141. The number of carbonyl (C=O) groups excluding carboxylic acids is 4. The van der Waals surface area contributed by atoms with Gasteiger partial charge in [0.15, 0.2) is 0 Å². The summed E-state index contributed by atoms with van der Waals surface area (Å²) in [6.45, 7) is 2.80. The highest BCUT2D eigenvalue weighted by Crippen LogP contribution is 2.15. The smallest absolute Gasteiger partial charge is 0.253 e. The maximum Gasteiger partial charge on any atom is 0.253 e. The summed E-state index contributed by atoms with van der Waals surface area (Å²) in [7, 11) is 3.14. The minimum atomic E-state index is -0.846. The zero-order chi connectivity index (χ0) is 26.8. The van der Waals surface area contributed by atoms with Gasteiger partial charge in [-0.05, 0) is 49.6 Å². The van der Waals surface area contributed by atoms with E-state index < -0.39 is 12.1 Å². The van der Waals surface area contributed by atoms with Crippen LogP contribution >= 0.6 is 0 Å². The summed E-state index contributed by atoms with van der Waals surface area (Å²) >= 11 is 0. The first-order chi connectivity index (χ1) is 17.8. The molecule has 198 valence electrons. The van der Waals surface area contributed by atoms with Crippen molar-refractivity contribution in [3.63, 3.8) is 0 Å². The quantitative estimate of drug-likeness (QED) is 0.643. The third kappa shape index (κ3) is 7.77. The van der Waals surface area contributed by atoms with E-state index in [2.05, 4.69) is 15.6 Å². The van der Waals surface area contributed by atoms with E-state index in [9.17, 15) is 19.2 Å². The van der Waals surface area contributed by atoms with Crippen molar-refractivity contribution in [2.75, 3.05) is 33.8 Å². The van der Waals surface area contributed by atoms with Crippen LogP contribution in [0.5, 0.6) is 5.75 Å². The van der Waals surface area contributed by atoms with Gasteiger partial charge in [0.1, 0.15) is 17.8 Å². The molecule has 1 saturated heterocycles. The lowest BCUT2D eigenvalue weighted by Crippen LogP contribution is -2.54. The molecule has 1 aromatic carbocycles. The molecular weight excluding hydrogens is 474 g/mol. The number of likely N-dealkylation sites (N-methyl/N-ethyl adjacent to an activating group) is 1. The molecule has 2 N–H and O–H groups in total. The Morgan fingerprint density at radius 3 is 2.41 bits per heavy atom. The summed E-state index contributed by atoms with van der Waals surface area (Å²) < 4.78 is 5.20. The second kappa shape index (κ2) is 13.4. The summed E-state index contributed by atoms with van der Waals surface area (Å²) in [5, 5.41) is 5.71. The fraction of sp³-hybridized carbons (Fsp3) is 0.444. The highest BCUT2D eigenvalue weighted by molar-refractivity contribution is 5.94. The van der Waals surface area contributed by atoms with Gasteiger partial charge in [-0.1, -0.05) is 12.1 Å². The Morgan fingerprint density at radius 1 is 1.05 bits per heavy atom. The molecule has 10 nitrogen and oxygen atoms in total. The molecule has 1 aliphatic heterocycles. The van der Waals surface area contributed by atoms with Crippen molar-refractivity contribution in [2.45, 2.75) is 44.7 Å². The Labute approximate surface area is 217 Å². The maximum absolute atomic E-state index is 13.4. The van der Waals surface area contributed by atoms with E-state index in [0.717, 1.165) is 5.56 Å². The van der Waals surface area contributed by atoms with Gasteiger partial charge in [-0.25, -0.2) is 0 Å². The number of amides is 4. The zero-order valence-electron chi connectivity index (χ0n) is 21.6. The molecule has 1 fully saturated rings. The van der Waals surface area contributed by atoms with E-state index in [1.165, 1.54) is 4.90 Å². The molecule has 2 heterocycles. The highest BCUT2D eigenvalue weighted by atomic mass is 16.5. The van der Waals surface area contributed by atoms with Crippen molar-refractivity contribution in [3.8, 4) is 5.75 Å². The van der Waals surface area contributed by atoms with Crippen molar-refractivity contribution in [2.24, 2.45) is 0 Å². The maximum atomic E-state index is 13.4. The molecule has 37 heavy (non-hydrogen) atoms. The molecule has 0 unspecified atom stereocenters. The summed E-state index contributed by atoms with van der Waals surface area (Å²) in [4.78, 5) is 59.0. The number of hydrogen-bond acceptors (Lipinski definition) is 6. The van der Waals surface area contributed by atoms with Crippen LogP contribution in [0.15, 0.2) is 48.8 Å². The van der Waals surface area contributed by atoms with Crippen LogP contribution in [0, 0.1) is 0 Å². The normalized spacial score (nSPS) is 20.4. The van der Waals surface area contributed by atoms with Gasteiger partial charge < -0.3 is 25.2 Å². The first-order valence-corrected chi connectivity index (χ1v) is 12.5. The first-order valence-electron chi connectivity index (χ1n) is 12.5. The van der Waals surface area contributed by atoms with Gasteiger partial charge in [0.05, 0.1) is 7.11 Å². The summed E-state index contributed by atoms with van der Waals surface area (Å²) in [6.07, 6.45) is 4.52. The van der Waals surface area contributed by atoms with Gasteiger partial charge in [-0.3, -0.25) is 24.2 Å². The van der Waals surface area contributed by atoms with Crippen LogP contribution in [-0.4, -0.2) is 84.3 Å². The molecule has 0 radical (unpaired) electrons. The molecule has 2 aromatic rings. The fourth-order valence-corrected chi connectivity index (χ4v) is 4.13. The average Bonchev–Trinajstić information content (AvgIpc) is 2.92. The number of nitrogens with one attached hydrogen (secondary N) is 2. The fourth-order valence-electron chi connectivity index (χ4n) is 4.13. The standard InChI is InChI=1S/C27H35N5O5/c1-19-25(34)29-13-5-17-32(26(35)21-11-14-28-15-12-21)16-4-6-24(33)30-23(27(36)31(19)2)18-20-7-9-22(37-3)10-8-20/h7-12,14-15,19,23H,4-6,13,16-18H2,1-3H3,(H,29,34)(H,30,33)/t19-,23-/m0/s1. The minimum absolute atomic E-state index is 0.154. The average molecular weight is 510 g/mol. The minimum Gasteiger partial charge on any atom is -0.497 e. The molecule has 4 amide bonds. The Kier molecular flexibility index (Phi) is 10.00.